The molecule has 0 fully saturated rings. The van der Waals surface area contributed by atoms with Gasteiger partial charge in [0.05, 0.1) is 0 Å². The molecule has 0 aliphatic heterocycles. The summed E-state index contributed by atoms with van der Waals surface area (Å²) in [6.45, 7) is 9.98. The highest BCUT2D eigenvalue weighted by Crippen LogP contribution is 2.25. The summed E-state index contributed by atoms with van der Waals surface area (Å²) in [4.78, 5) is 2.30. The Hall–Kier alpha value is -2.36. The van der Waals surface area contributed by atoms with Gasteiger partial charge in [-0.15, -0.1) is 0 Å². The number of hydrogen-bond acceptors (Lipinski definition) is 3. The van der Waals surface area contributed by atoms with Crippen LogP contribution >= 0.6 is 0 Å². The van der Waals surface area contributed by atoms with Gasteiger partial charge in [-0.2, -0.15) is 0 Å². The van der Waals surface area contributed by atoms with E-state index in [0.717, 1.165) is 37.3 Å². The minimum absolute atomic E-state index is 0.230. The van der Waals surface area contributed by atoms with E-state index in [-0.39, 0.29) is 6.04 Å². The minimum Gasteiger partial charge on any atom is -0.508 e. The summed E-state index contributed by atoms with van der Waals surface area (Å²) in [6.07, 6.45) is 0. The average Bonchev–Trinajstić information content (AvgIpc) is 2.71. The van der Waals surface area contributed by atoms with Crippen molar-refractivity contribution in [3.63, 3.8) is 0 Å². The fraction of sp³-hybridized carbons (Fsp3) is 0.333. The fourth-order valence-corrected chi connectivity index (χ4v) is 3.55. The molecule has 0 amide bonds. The number of nitrogens with zero attached hydrogens (tertiary/aromatic N) is 1. The van der Waals surface area contributed by atoms with Crippen LogP contribution in [0.5, 0.6) is 5.75 Å². The lowest BCUT2D eigenvalue weighted by Gasteiger charge is -2.20. The molecule has 0 saturated carbocycles. The van der Waals surface area contributed by atoms with E-state index in [4.69, 9.17) is 0 Å². The normalized spacial score (nSPS) is 12.6. The van der Waals surface area contributed by atoms with Gasteiger partial charge in [0.2, 0.25) is 0 Å². The Morgan fingerprint density at radius 2 is 1.70 bits per heavy atom. The lowest BCUT2D eigenvalue weighted by molar-refractivity contribution is 0.291. The zero-order chi connectivity index (χ0) is 19.2. The molecule has 0 saturated heterocycles. The first-order valence-corrected chi connectivity index (χ1v) is 9.86. The molecule has 0 radical (unpaired) electrons. The van der Waals surface area contributed by atoms with Crippen molar-refractivity contribution in [2.45, 2.75) is 39.9 Å². The van der Waals surface area contributed by atoms with Crippen molar-refractivity contribution in [3.8, 4) is 5.75 Å². The number of fused-ring (bicyclic) bond motifs is 1. The standard InChI is InChI=1S/C24H30N2O/c1-4-26(5-2)17-21-14-13-19(15-24(21)27)16-25-18(3)22-12-8-10-20-9-6-7-11-23(20)22/h6-15,18,25,27H,4-5,16-17H2,1-3H3/t18-/m1/s1. The Morgan fingerprint density at radius 1 is 0.963 bits per heavy atom. The second kappa shape index (κ2) is 9.03. The number of nitrogens with one attached hydrogen (secondary N) is 1. The third-order valence-electron chi connectivity index (χ3n) is 5.34. The van der Waals surface area contributed by atoms with Crippen LogP contribution in [0.3, 0.4) is 0 Å². The van der Waals surface area contributed by atoms with Gasteiger partial charge < -0.3 is 10.4 Å². The molecule has 3 nitrogen and oxygen atoms in total. The Bertz CT molecular complexity index is 881. The van der Waals surface area contributed by atoms with Crippen LogP contribution in [-0.4, -0.2) is 23.1 Å². The number of hydrogen-bond donors (Lipinski definition) is 2. The number of rotatable bonds is 8. The Balaban J connectivity index is 1.68. The minimum atomic E-state index is 0.230. The molecular weight excluding hydrogens is 332 g/mol. The van der Waals surface area contributed by atoms with Crippen molar-refractivity contribution in [3.05, 3.63) is 77.4 Å². The van der Waals surface area contributed by atoms with Gasteiger partial charge in [0.25, 0.3) is 0 Å². The summed E-state index contributed by atoms with van der Waals surface area (Å²) < 4.78 is 0. The molecule has 27 heavy (non-hydrogen) atoms. The van der Waals surface area contributed by atoms with Gasteiger partial charge >= 0.3 is 0 Å². The maximum atomic E-state index is 10.4. The van der Waals surface area contributed by atoms with E-state index in [1.807, 2.05) is 12.1 Å². The van der Waals surface area contributed by atoms with E-state index in [2.05, 4.69) is 79.5 Å². The predicted molar refractivity (Wildman–Crippen MR) is 114 cm³/mol. The second-order valence-corrected chi connectivity index (χ2v) is 7.10. The van der Waals surface area contributed by atoms with Crippen LogP contribution in [-0.2, 0) is 13.1 Å². The summed E-state index contributed by atoms with van der Waals surface area (Å²) in [5, 5.41) is 16.6. The molecule has 0 unspecified atom stereocenters. The van der Waals surface area contributed by atoms with Crippen molar-refractivity contribution < 1.29 is 5.11 Å². The second-order valence-electron chi connectivity index (χ2n) is 7.10. The van der Waals surface area contributed by atoms with Crippen molar-refractivity contribution in [2.75, 3.05) is 13.1 Å². The molecule has 1 atom stereocenters. The van der Waals surface area contributed by atoms with Gasteiger partial charge in [0.15, 0.2) is 0 Å². The van der Waals surface area contributed by atoms with Crippen LogP contribution < -0.4 is 5.32 Å². The van der Waals surface area contributed by atoms with Gasteiger partial charge in [0, 0.05) is 24.7 Å². The van der Waals surface area contributed by atoms with Crippen LogP contribution in [0.25, 0.3) is 10.8 Å². The van der Waals surface area contributed by atoms with E-state index < -0.39 is 0 Å². The van der Waals surface area contributed by atoms with Gasteiger partial charge in [0.1, 0.15) is 5.75 Å². The van der Waals surface area contributed by atoms with Crippen LogP contribution in [0.15, 0.2) is 60.7 Å². The largest absolute Gasteiger partial charge is 0.508 e. The molecule has 3 aromatic carbocycles. The Labute approximate surface area is 162 Å². The number of phenolic OH excluding ortho intramolecular Hbond substituents is 1. The van der Waals surface area contributed by atoms with Crippen LogP contribution in [0.1, 0.15) is 43.5 Å². The van der Waals surface area contributed by atoms with E-state index in [1.165, 1.54) is 16.3 Å². The molecule has 0 heterocycles. The van der Waals surface area contributed by atoms with Crippen molar-refractivity contribution in [1.82, 2.24) is 10.2 Å². The molecule has 2 N–H and O–H groups in total. The van der Waals surface area contributed by atoms with E-state index in [9.17, 15) is 5.11 Å². The highest BCUT2D eigenvalue weighted by Gasteiger charge is 2.10. The lowest BCUT2D eigenvalue weighted by atomic mass is 9.99. The quantitative estimate of drug-likeness (QED) is 0.575. The maximum Gasteiger partial charge on any atom is 0.120 e. The maximum absolute atomic E-state index is 10.4. The molecule has 3 aromatic rings. The third kappa shape index (κ3) is 4.68. The van der Waals surface area contributed by atoms with Gasteiger partial charge in [-0.05, 0) is 48.0 Å². The summed E-state index contributed by atoms with van der Waals surface area (Å²) in [5.74, 6) is 0.388. The summed E-state index contributed by atoms with van der Waals surface area (Å²) in [5.41, 5.74) is 3.39. The van der Waals surface area contributed by atoms with E-state index in [0.29, 0.717) is 5.75 Å². The topological polar surface area (TPSA) is 35.5 Å². The summed E-state index contributed by atoms with van der Waals surface area (Å²) in [7, 11) is 0. The summed E-state index contributed by atoms with van der Waals surface area (Å²) in [6, 6.07) is 21.2. The fourth-order valence-electron chi connectivity index (χ4n) is 3.55. The lowest BCUT2D eigenvalue weighted by Crippen LogP contribution is -2.22. The molecule has 0 aromatic heterocycles. The Kier molecular flexibility index (Phi) is 6.49. The van der Waals surface area contributed by atoms with E-state index >= 15 is 0 Å². The zero-order valence-corrected chi connectivity index (χ0v) is 16.6. The Morgan fingerprint density at radius 3 is 2.44 bits per heavy atom. The first kappa shape index (κ1) is 19.4. The highest BCUT2D eigenvalue weighted by molar-refractivity contribution is 5.86. The van der Waals surface area contributed by atoms with Crippen molar-refractivity contribution >= 4 is 10.8 Å². The molecule has 0 bridgehead atoms. The average molecular weight is 363 g/mol. The van der Waals surface area contributed by atoms with Crippen LogP contribution in [0, 0.1) is 0 Å². The van der Waals surface area contributed by atoms with Crippen LogP contribution in [0.2, 0.25) is 0 Å². The first-order chi connectivity index (χ1) is 13.1. The van der Waals surface area contributed by atoms with Crippen LogP contribution in [0.4, 0.5) is 0 Å². The number of phenols is 1. The predicted octanol–water partition coefficient (Wildman–Crippen LogP) is 5.24. The van der Waals surface area contributed by atoms with Gasteiger partial charge in [-0.1, -0.05) is 68.4 Å². The van der Waals surface area contributed by atoms with Crippen molar-refractivity contribution in [2.24, 2.45) is 0 Å². The smallest absolute Gasteiger partial charge is 0.120 e. The molecule has 142 valence electrons. The SMILES string of the molecule is CCN(CC)Cc1ccc(CN[C@H](C)c2cccc3ccccc23)cc1O. The summed E-state index contributed by atoms with van der Waals surface area (Å²) >= 11 is 0. The van der Waals surface area contributed by atoms with Gasteiger partial charge in [-0.3, -0.25) is 4.90 Å². The highest BCUT2D eigenvalue weighted by atomic mass is 16.3. The molecule has 0 aliphatic carbocycles. The molecule has 0 spiro atoms. The number of aromatic hydroxyl groups is 1. The zero-order valence-electron chi connectivity index (χ0n) is 16.6. The molecule has 3 heteroatoms. The van der Waals surface area contributed by atoms with E-state index in [1.54, 1.807) is 0 Å². The molecule has 0 aliphatic rings. The monoisotopic (exact) mass is 362 g/mol. The molecule has 3 rings (SSSR count). The van der Waals surface area contributed by atoms with Gasteiger partial charge in [-0.25, -0.2) is 0 Å². The van der Waals surface area contributed by atoms with Crippen molar-refractivity contribution in [1.29, 1.82) is 0 Å². The molecular formula is C24H30N2O. The number of benzene rings is 3. The first-order valence-electron chi connectivity index (χ1n) is 9.86. The third-order valence-corrected chi connectivity index (χ3v) is 5.34.